The first-order valence-corrected chi connectivity index (χ1v) is 9.00. The molecule has 0 saturated heterocycles. The third-order valence-electron chi connectivity index (χ3n) is 5.23. The molecule has 130 valence electrons. The first-order valence-electron chi connectivity index (χ1n) is 9.00. The summed E-state index contributed by atoms with van der Waals surface area (Å²) < 4.78 is 0. The zero-order valence-electron chi connectivity index (χ0n) is 14.6. The third-order valence-corrected chi connectivity index (χ3v) is 5.23. The van der Waals surface area contributed by atoms with Gasteiger partial charge >= 0.3 is 0 Å². The minimum absolute atomic E-state index is 0. The van der Waals surface area contributed by atoms with Gasteiger partial charge in [-0.2, -0.15) is 0 Å². The first-order chi connectivity index (χ1) is 12.4. The molecule has 0 fully saturated rings. The van der Waals surface area contributed by atoms with Gasteiger partial charge in [-0.1, -0.05) is 60.7 Å². The highest BCUT2D eigenvalue weighted by Gasteiger charge is 2.28. The maximum Gasteiger partial charge on any atom is 0.0870 e. The van der Waals surface area contributed by atoms with Gasteiger partial charge in [0.2, 0.25) is 0 Å². The second-order valence-electron chi connectivity index (χ2n) is 6.75. The van der Waals surface area contributed by atoms with Gasteiger partial charge in [-0.15, -0.1) is 12.4 Å². The lowest BCUT2D eigenvalue weighted by molar-refractivity contribution is 0.999. The van der Waals surface area contributed by atoms with Crippen LogP contribution in [0.25, 0.3) is 0 Å². The van der Waals surface area contributed by atoms with E-state index in [1.165, 1.54) is 33.8 Å². The Morgan fingerprint density at radius 2 is 1.62 bits per heavy atom. The van der Waals surface area contributed by atoms with Crippen molar-refractivity contribution in [1.29, 1.82) is 0 Å². The highest BCUT2D eigenvalue weighted by atomic mass is 35.5. The number of nitrogens with zero attached hydrogens (tertiary/aromatic N) is 2. The number of aliphatic imine (C=N–C) groups is 1. The molecule has 0 N–H and O–H groups in total. The number of rotatable bonds is 3. The van der Waals surface area contributed by atoms with Gasteiger partial charge < -0.3 is 4.90 Å². The second kappa shape index (κ2) is 6.97. The molecule has 2 nitrogen and oxygen atoms in total. The lowest BCUT2D eigenvalue weighted by Crippen LogP contribution is -2.14. The van der Waals surface area contributed by atoms with Crippen molar-refractivity contribution < 1.29 is 0 Å². The van der Waals surface area contributed by atoms with Crippen LogP contribution in [-0.4, -0.2) is 12.3 Å². The average molecular weight is 361 g/mol. The highest BCUT2D eigenvalue weighted by molar-refractivity contribution is 6.10. The summed E-state index contributed by atoms with van der Waals surface area (Å²) in [6.07, 6.45) is 3.09. The largest absolute Gasteiger partial charge is 0.339 e. The Morgan fingerprint density at radius 1 is 0.808 bits per heavy atom. The molecule has 0 aliphatic carbocycles. The quantitative estimate of drug-likeness (QED) is 0.570. The molecule has 0 atom stereocenters. The molecule has 5 rings (SSSR count). The maximum absolute atomic E-state index is 5.10. The molecular formula is C23H21ClN2. The van der Waals surface area contributed by atoms with Crippen molar-refractivity contribution in [3.05, 3.63) is 89.5 Å². The monoisotopic (exact) mass is 360 g/mol. The van der Waals surface area contributed by atoms with Gasteiger partial charge in [-0.3, -0.25) is 4.99 Å². The van der Waals surface area contributed by atoms with Crippen molar-refractivity contribution in [2.24, 2.45) is 4.99 Å². The summed E-state index contributed by atoms with van der Waals surface area (Å²) in [5.41, 5.74) is 9.03. The Balaban J connectivity index is 0.00000168. The van der Waals surface area contributed by atoms with E-state index in [-0.39, 0.29) is 12.4 Å². The normalized spacial score (nSPS) is 14.0. The molecule has 3 heteroatoms. The Morgan fingerprint density at radius 3 is 2.50 bits per heavy atom. The number of para-hydroxylation sites is 3. The number of benzene rings is 3. The molecule has 2 aliphatic rings. The van der Waals surface area contributed by atoms with E-state index < -0.39 is 0 Å². The van der Waals surface area contributed by atoms with Crippen LogP contribution in [0.1, 0.15) is 23.1 Å². The topological polar surface area (TPSA) is 15.6 Å². The van der Waals surface area contributed by atoms with E-state index in [1.54, 1.807) is 0 Å². The molecule has 0 bridgehead atoms. The van der Waals surface area contributed by atoms with Crippen LogP contribution in [0.2, 0.25) is 0 Å². The van der Waals surface area contributed by atoms with Crippen molar-refractivity contribution in [2.75, 3.05) is 11.4 Å². The van der Waals surface area contributed by atoms with Gasteiger partial charge in [-0.05, 0) is 42.5 Å². The number of hydrogen-bond donors (Lipinski definition) is 0. The van der Waals surface area contributed by atoms with Gasteiger partial charge in [-0.25, -0.2) is 0 Å². The second-order valence-corrected chi connectivity index (χ2v) is 6.75. The molecule has 0 aromatic heterocycles. The molecule has 26 heavy (non-hydrogen) atoms. The number of hydrogen-bond acceptors (Lipinski definition) is 2. The zero-order chi connectivity index (χ0) is 16.6. The van der Waals surface area contributed by atoms with E-state index in [0.717, 1.165) is 31.5 Å². The molecular weight excluding hydrogens is 340 g/mol. The Hall–Kier alpha value is -2.58. The van der Waals surface area contributed by atoms with Crippen LogP contribution in [-0.2, 0) is 12.8 Å². The van der Waals surface area contributed by atoms with Gasteiger partial charge in [0.05, 0.1) is 22.8 Å². The molecule has 0 radical (unpaired) electrons. The molecule has 0 saturated carbocycles. The van der Waals surface area contributed by atoms with Crippen LogP contribution in [0.3, 0.4) is 0 Å². The van der Waals surface area contributed by atoms with E-state index in [4.69, 9.17) is 4.99 Å². The fraction of sp³-hybridized carbons (Fsp3) is 0.174. The predicted molar refractivity (Wildman–Crippen MR) is 112 cm³/mol. The Kier molecular flexibility index (Phi) is 4.52. The molecule has 3 aromatic rings. The Labute approximate surface area is 160 Å². The standard InChI is InChI=1S/C23H20N2.ClH/c1-2-7-17(8-3-1)13-14-20-19-10-6-9-18-15-16-25(23(18)19)22-12-5-4-11-21(22)24-20;/h1-12H,13-16H2;1H. The smallest absolute Gasteiger partial charge is 0.0870 e. The molecule has 0 amide bonds. The maximum atomic E-state index is 5.10. The first kappa shape index (κ1) is 16.9. The molecule has 3 aromatic carbocycles. The third kappa shape index (κ3) is 2.81. The van der Waals surface area contributed by atoms with Crippen LogP contribution in [0.15, 0.2) is 77.8 Å². The van der Waals surface area contributed by atoms with Crippen molar-refractivity contribution in [1.82, 2.24) is 0 Å². The summed E-state index contributed by atoms with van der Waals surface area (Å²) in [5.74, 6) is 0. The number of fused-ring (bicyclic) bond motifs is 2. The summed E-state index contributed by atoms with van der Waals surface area (Å²) >= 11 is 0. The zero-order valence-corrected chi connectivity index (χ0v) is 15.4. The summed E-state index contributed by atoms with van der Waals surface area (Å²) in [4.78, 5) is 7.55. The van der Waals surface area contributed by atoms with Gasteiger partial charge in [0.15, 0.2) is 0 Å². The SMILES string of the molecule is Cl.c1ccc(CCC2=Nc3ccccc3N3CCc4cccc2c43)cc1. The molecule has 0 unspecified atom stereocenters. The average Bonchev–Trinajstić information content (AvgIpc) is 3.04. The number of anilines is 2. The lowest BCUT2D eigenvalue weighted by Gasteiger charge is -2.21. The number of aryl methyl sites for hydroxylation is 1. The minimum Gasteiger partial charge on any atom is -0.339 e. The molecule has 0 spiro atoms. The van der Waals surface area contributed by atoms with E-state index in [9.17, 15) is 0 Å². The predicted octanol–water partition coefficient (Wildman–Crippen LogP) is 5.87. The fourth-order valence-corrected chi connectivity index (χ4v) is 4.02. The lowest BCUT2D eigenvalue weighted by atomic mass is 9.98. The van der Waals surface area contributed by atoms with E-state index in [1.807, 2.05) is 0 Å². The Bertz CT molecular complexity index is 963. The minimum atomic E-state index is 0. The fourth-order valence-electron chi connectivity index (χ4n) is 4.02. The van der Waals surface area contributed by atoms with Gasteiger partial charge in [0, 0.05) is 12.1 Å². The van der Waals surface area contributed by atoms with Gasteiger partial charge in [0.25, 0.3) is 0 Å². The van der Waals surface area contributed by atoms with Crippen LogP contribution in [0, 0.1) is 0 Å². The number of halogens is 1. The molecule has 2 aliphatic heterocycles. The summed E-state index contributed by atoms with van der Waals surface area (Å²) in [5, 5.41) is 0. The van der Waals surface area contributed by atoms with Crippen molar-refractivity contribution in [3.8, 4) is 0 Å². The van der Waals surface area contributed by atoms with Crippen LogP contribution < -0.4 is 4.90 Å². The summed E-state index contributed by atoms with van der Waals surface area (Å²) in [6.45, 7) is 1.05. The summed E-state index contributed by atoms with van der Waals surface area (Å²) in [6, 6.07) is 25.9. The summed E-state index contributed by atoms with van der Waals surface area (Å²) in [7, 11) is 0. The van der Waals surface area contributed by atoms with Crippen LogP contribution >= 0.6 is 12.4 Å². The van der Waals surface area contributed by atoms with Crippen LogP contribution in [0.4, 0.5) is 17.1 Å². The van der Waals surface area contributed by atoms with E-state index in [0.29, 0.717) is 0 Å². The van der Waals surface area contributed by atoms with Crippen LogP contribution in [0.5, 0.6) is 0 Å². The highest BCUT2D eigenvalue weighted by Crippen LogP contribution is 2.44. The molecule has 2 heterocycles. The van der Waals surface area contributed by atoms with Crippen molar-refractivity contribution in [3.63, 3.8) is 0 Å². The van der Waals surface area contributed by atoms with Crippen molar-refractivity contribution in [2.45, 2.75) is 19.3 Å². The van der Waals surface area contributed by atoms with E-state index in [2.05, 4.69) is 77.7 Å². The van der Waals surface area contributed by atoms with Crippen molar-refractivity contribution >= 4 is 35.2 Å². The van der Waals surface area contributed by atoms with E-state index >= 15 is 0 Å². The van der Waals surface area contributed by atoms with Gasteiger partial charge in [0.1, 0.15) is 0 Å².